The molecule has 0 amide bonds. The van der Waals surface area contributed by atoms with Crippen LogP contribution in [0.25, 0.3) is 16.6 Å². The highest BCUT2D eigenvalue weighted by molar-refractivity contribution is 7.92. The summed E-state index contributed by atoms with van der Waals surface area (Å²) in [5, 5.41) is 10.2. The quantitative estimate of drug-likeness (QED) is 0.476. The first-order valence-corrected chi connectivity index (χ1v) is 11.8. The Morgan fingerprint density at radius 3 is 2.67 bits per heavy atom. The van der Waals surface area contributed by atoms with Crippen LogP contribution in [0.2, 0.25) is 5.02 Å². The fourth-order valence-corrected chi connectivity index (χ4v) is 4.58. The molecule has 0 bridgehead atoms. The van der Waals surface area contributed by atoms with Crippen molar-refractivity contribution in [1.29, 1.82) is 0 Å². The van der Waals surface area contributed by atoms with Crippen LogP contribution in [0.1, 0.15) is 29.8 Å². The molecule has 1 atom stereocenters. The molecular formula is C20H24ClN6O2S+. The summed E-state index contributed by atoms with van der Waals surface area (Å²) in [7, 11) is -1.69. The highest BCUT2D eigenvalue weighted by atomic mass is 35.5. The lowest BCUT2D eigenvalue weighted by Gasteiger charge is -2.12. The van der Waals surface area contributed by atoms with Crippen LogP contribution in [0, 0.1) is 13.8 Å². The number of nitrogens with one attached hydrogen (secondary N) is 1. The summed E-state index contributed by atoms with van der Waals surface area (Å²) < 4.78 is 31.7. The molecule has 1 unspecified atom stereocenters. The van der Waals surface area contributed by atoms with Gasteiger partial charge in [0.1, 0.15) is 6.54 Å². The second kappa shape index (κ2) is 7.24. The Morgan fingerprint density at radius 1 is 1.23 bits per heavy atom. The highest BCUT2D eigenvalue weighted by Gasteiger charge is 2.24. The fourth-order valence-electron chi connectivity index (χ4n) is 3.84. The van der Waals surface area contributed by atoms with Gasteiger partial charge in [-0.15, -0.1) is 4.68 Å². The van der Waals surface area contributed by atoms with Crippen molar-refractivity contribution in [3.63, 3.8) is 0 Å². The number of pyridine rings is 1. The van der Waals surface area contributed by atoms with Gasteiger partial charge in [0.2, 0.25) is 15.8 Å². The van der Waals surface area contributed by atoms with Crippen molar-refractivity contribution in [2.45, 2.75) is 33.2 Å². The fraction of sp³-hybridized carbons (Fsp3) is 0.350. The highest BCUT2D eigenvalue weighted by Crippen LogP contribution is 2.36. The summed E-state index contributed by atoms with van der Waals surface area (Å²) in [5.41, 5.74) is 3.89. The van der Waals surface area contributed by atoms with Crippen molar-refractivity contribution in [3.05, 3.63) is 52.4 Å². The molecule has 30 heavy (non-hydrogen) atoms. The molecule has 1 N–H and O–H groups in total. The minimum Gasteiger partial charge on any atom is -0.266 e. The summed E-state index contributed by atoms with van der Waals surface area (Å²) in [6, 6.07) is 7.87. The normalized spacial score (nSPS) is 13.3. The average Bonchev–Trinajstić information content (AvgIpc) is 3.11. The third kappa shape index (κ3) is 3.63. The number of rotatable bonds is 5. The predicted molar refractivity (Wildman–Crippen MR) is 117 cm³/mol. The number of hydrogen-bond donors (Lipinski definition) is 1. The van der Waals surface area contributed by atoms with E-state index in [2.05, 4.69) is 33.3 Å². The van der Waals surface area contributed by atoms with E-state index >= 15 is 0 Å². The van der Waals surface area contributed by atoms with Gasteiger partial charge in [-0.25, -0.2) is 12.8 Å². The lowest BCUT2D eigenvalue weighted by Crippen LogP contribution is -2.24. The van der Waals surface area contributed by atoms with Crippen LogP contribution in [0.3, 0.4) is 0 Å². The third-order valence-corrected chi connectivity index (χ3v) is 6.14. The number of benzene rings is 1. The van der Waals surface area contributed by atoms with E-state index in [0.29, 0.717) is 17.0 Å². The van der Waals surface area contributed by atoms with Gasteiger partial charge in [-0.3, -0.25) is 9.40 Å². The van der Waals surface area contributed by atoms with E-state index in [0.717, 1.165) is 34.4 Å². The summed E-state index contributed by atoms with van der Waals surface area (Å²) in [5.74, 6) is 1.36. The Kier molecular flexibility index (Phi) is 4.98. The van der Waals surface area contributed by atoms with Crippen LogP contribution in [0.15, 0.2) is 30.5 Å². The number of anilines is 1. The van der Waals surface area contributed by atoms with E-state index in [1.165, 1.54) is 0 Å². The van der Waals surface area contributed by atoms with E-state index in [1.807, 2.05) is 30.8 Å². The van der Waals surface area contributed by atoms with Crippen molar-refractivity contribution in [3.8, 4) is 0 Å². The maximum Gasteiger partial charge on any atom is 0.306 e. The number of nitrogens with zero attached hydrogens (tertiary/aromatic N) is 5. The first kappa shape index (κ1) is 20.6. The van der Waals surface area contributed by atoms with Gasteiger partial charge in [0.25, 0.3) is 0 Å². The Balaban J connectivity index is 1.78. The molecule has 10 heteroatoms. The Bertz CT molecular complexity index is 1390. The second-order valence-electron chi connectivity index (χ2n) is 7.77. The van der Waals surface area contributed by atoms with Gasteiger partial charge in [-0.1, -0.05) is 24.6 Å². The summed E-state index contributed by atoms with van der Waals surface area (Å²) in [6.07, 6.45) is 3.12. The number of halogens is 1. The Labute approximate surface area is 180 Å². The van der Waals surface area contributed by atoms with Gasteiger partial charge in [-0.2, -0.15) is 5.10 Å². The van der Waals surface area contributed by atoms with Crippen molar-refractivity contribution < 1.29 is 12.8 Å². The molecule has 0 fully saturated rings. The Morgan fingerprint density at radius 2 is 1.97 bits per heavy atom. The molecule has 3 aromatic heterocycles. The smallest absolute Gasteiger partial charge is 0.266 e. The van der Waals surface area contributed by atoms with Crippen molar-refractivity contribution in [1.82, 2.24) is 19.6 Å². The zero-order chi connectivity index (χ0) is 21.8. The maximum absolute atomic E-state index is 11.8. The minimum atomic E-state index is -3.48. The molecule has 0 spiro atoms. The molecule has 0 aliphatic rings. The van der Waals surface area contributed by atoms with Gasteiger partial charge < -0.3 is 0 Å². The van der Waals surface area contributed by atoms with E-state index in [4.69, 9.17) is 16.7 Å². The van der Waals surface area contributed by atoms with Gasteiger partial charge in [0, 0.05) is 31.1 Å². The molecule has 1 aromatic carbocycles. The molecule has 4 rings (SSSR count). The molecule has 158 valence electrons. The monoisotopic (exact) mass is 447 g/mol. The second-order valence-corrected chi connectivity index (χ2v) is 9.92. The maximum atomic E-state index is 11.8. The van der Waals surface area contributed by atoms with Crippen LogP contribution in [0.5, 0.6) is 0 Å². The van der Waals surface area contributed by atoms with Gasteiger partial charge in [0.05, 0.1) is 28.4 Å². The molecule has 0 saturated heterocycles. The van der Waals surface area contributed by atoms with Crippen LogP contribution in [0.4, 0.5) is 5.82 Å². The lowest BCUT2D eigenvalue weighted by atomic mass is 9.98. The lowest BCUT2D eigenvalue weighted by molar-refractivity contribution is -0.521. The van der Waals surface area contributed by atoms with Gasteiger partial charge in [-0.05, 0) is 30.2 Å². The molecule has 3 heterocycles. The van der Waals surface area contributed by atoms with Crippen LogP contribution in [-0.2, 0) is 23.6 Å². The van der Waals surface area contributed by atoms with Crippen LogP contribution in [-0.4, -0.2) is 34.2 Å². The molecular weight excluding hydrogens is 424 g/mol. The third-order valence-electron chi connectivity index (χ3n) is 5.26. The topological polar surface area (TPSA) is 85.9 Å². The predicted octanol–water partition coefficient (Wildman–Crippen LogP) is 2.95. The zero-order valence-corrected chi connectivity index (χ0v) is 19.1. The van der Waals surface area contributed by atoms with Crippen LogP contribution >= 0.6 is 11.6 Å². The molecule has 8 nitrogen and oxygen atoms in total. The van der Waals surface area contributed by atoms with E-state index < -0.39 is 10.0 Å². The zero-order valence-electron chi connectivity index (χ0n) is 17.5. The molecule has 0 saturated carbocycles. The van der Waals surface area contributed by atoms with Crippen molar-refractivity contribution in [2.75, 3.05) is 11.0 Å². The van der Waals surface area contributed by atoms with E-state index in [1.54, 1.807) is 17.8 Å². The number of aryl methyl sites for hydroxylation is 3. The van der Waals surface area contributed by atoms with Gasteiger partial charge in [0.15, 0.2) is 5.82 Å². The minimum absolute atomic E-state index is 0.0842. The molecule has 0 aliphatic heterocycles. The number of aromatic nitrogens is 5. The number of hydrogen-bond acceptors (Lipinski definition) is 4. The Hall–Kier alpha value is -2.65. The molecule has 0 radical (unpaired) electrons. The van der Waals surface area contributed by atoms with Crippen molar-refractivity contribution in [2.24, 2.45) is 7.05 Å². The average molecular weight is 448 g/mol. The number of fused-ring (bicyclic) bond motifs is 2. The van der Waals surface area contributed by atoms with E-state index in [-0.39, 0.29) is 11.7 Å². The largest absolute Gasteiger partial charge is 0.306 e. The molecule has 0 aliphatic carbocycles. The number of sulfonamides is 1. The van der Waals surface area contributed by atoms with Gasteiger partial charge >= 0.3 is 5.65 Å². The summed E-state index contributed by atoms with van der Waals surface area (Å²) >= 11 is 6.43. The summed E-state index contributed by atoms with van der Waals surface area (Å²) in [6.45, 7) is 6.86. The summed E-state index contributed by atoms with van der Waals surface area (Å²) in [4.78, 5) is 0. The van der Waals surface area contributed by atoms with Crippen molar-refractivity contribution >= 4 is 44.0 Å². The first-order valence-electron chi connectivity index (χ1n) is 9.53. The SMILES string of the molecule is Cc1cc[n+]2c(C)n(CC(C)c3ccc(Cl)c4c(NS(C)(=O)=O)nn(C)c34)nc2c1. The van der Waals surface area contributed by atoms with Crippen LogP contribution < -0.4 is 9.12 Å². The first-order chi connectivity index (χ1) is 14.0. The van der Waals surface area contributed by atoms with E-state index in [9.17, 15) is 8.42 Å². The standard InChI is InChI=1S/C20H24ClN6O2S/c1-12-8-9-26-14(3)27(22-17(26)10-12)11-13(2)15-6-7-16(21)18-19(15)25(4)23-20(18)24-30(5,28)29/h6-10,13H,11H2,1-5H3,(H,23,24)/q+1. The molecule has 4 aromatic rings.